The molecule has 1 aliphatic heterocycles. The first-order valence-corrected chi connectivity index (χ1v) is 10.2. The lowest BCUT2D eigenvalue weighted by atomic mass is 9.97. The summed E-state index contributed by atoms with van der Waals surface area (Å²) in [6, 6.07) is 8.69. The normalized spacial score (nSPS) is 16.4. The summed E-state index contributed by atoms with van der Waals surface area (Å²) in [5.74, 6) is 0.700. The molecule has 4 rings (SSSR count). The Morgan fingerprint density at radius 3 is 2.69 bits per heavy atom. The van der Waals surface area contributed by atoms with Crippen LogP contribution < -0.4 is 15.7 Å². The molecule has 0 atom stereocenters. The van der Waals surface area contributed by atoms with Crippen molar-refractivity contribution in [2.75, 3.05) is 31.1 Å². The van der Waals surface area contributed by atoms with Crippen LogP contribution in [-0.2, 0) is 6.42 Å². The van der Waals surface area contributed by atoms with Gasteiger partial charge in [-0.25, -0.2) is 15.4 Å². The number of hydroxylamine groups is 1. The molecule has 0 radical (unpaired) electrons. The molecule has 152 valence electrons. The molecule has 2 heterocycles. The third kappa shape index (κ3) is 4.63. The van der Waals surface area contributed by atoms with E-state index in [-0.39, 0.29) is 5.56 Å². The average molecular weight is 393 g/mol. The van der Waals surface area contributed by atoms with Gasteiger partial charge in [-0.1, -0.05) is 30.3 Å². The lowest BCUT2D eigenvalue weighted by Crippen LogP contribution is -2.38. The number of anilines is 1. The van der Waals surface area contributed by atoms with Crippen molar-refractivity contribution in [1.82, 2.24) is 20.8 Å². The summed E-state index contributed by atoms with van der Waals surface area (Å²) in [7, 11) is 0. The fraction of sp³-hybridized carbons (Fsp3) is 0.409. The zero-order valence-electron chi connectivity index (χ0n) is 16.5. The first-order chi connectivity index (χ1) is 14.2. The molecule has 1 aromatic carbocycles. The highest BCUT2D eigenvalue weighted by Crippen LogP contribution is 2.29. The van der Waals surface area contributed by atoms with Crippen molar-refractivity contribution in [3.8, 4) is 0 Å². The minimum atomic E-state index is -0.599. The predicted molar refractivity (Wildman–Crippen MR) is 112 cm³/mol. The van der Waals surface area contributed by atoms with E-state index in [1.807, 2.05) is 0 Å². The number of benzene rings is 1. The van der Waals surface area contributed by atoms with Gasteiger partial charge in [-0.3, -0.25) is 10.0 Å². The molecule has 3 N–H and O–H groups in total. The largest absolute Gasteiger partial charge is 0.341 e. The van der Waals surface area contributed by atoms with Gasteiger partial charge in [0, 0.05) is 25.5 Å². The summed E-state index contributed by atoms with van der Waals surface area (Å²) in [5.41, 5.74) is 6.17. The second-order valence-corrected chi connectivity index (χ2v) is 7.69. The highest BCUT2D eigenvalue weighted by Gasteiger charge is 2.21. The maximum absolute atomic E-state index is 11.3. The van der Waals surface area contributed by atoms with Crippen LogP contribution in [0, 0.1) is 5.92 Å². The van der Waals surface area contributed by atoms with Crippen molar-refractivity contribution in [2.45, 2.75) is 25.7 Å². The third-order valence-corrected chi connectivity index (χ3v) is 5.84. The van der Waals surface area contributed by atoms with Crippen molar-refractivity contribution in [3.05, 3.63) is 59.4 Å². The highest BCUT2D eigenvalue weighted by atomic mass is 16.5. The van der Waals surface area contributed by atoms with E-state index < -0.39 is 5.91 Å². The van der Waals surface area contributed by atoms with Crippen LogP contribution in [0.3, 0.4) is 0 Å². The Morgan fingerprint density at radius 1 is 1.17 bits per heavy atom. The summed E-state index contributed by atoms with van der Waals surface area (Å²) in [4.78, 5) is 22.0. The summed E-state index contributed by atoms with van der Waals surface area (Å²) < 4.78 is 0. The number of aromatic nitrogens is 2. The molecule has 0 saturated carbocycles. The van der Waals surface area contributed by atoms with Gasteiger partial charge >= 0.3 is 0 Å². The van der Waals surface area contributed by atoms with Gasteiger partial charge in [0.15, 0.2) is 0 Å². The third-order valence-electron chi connectivity index (χ3n) is 5.84. The number of carbonyl (C=O) groups excluding carboxylic acids is 1. The van der Waals surface area contributed by atoms with Crippen molar-refractivity contribution < 1.29 is 10.0 Å². The predicted octanol–water partition coefficient (Wildman–Crippen LogP) is 2.43. The van der Waals surface area contributed by atoms with Gasteiger partial charge in [0.1, 0.15) is 0 Å². The molecule has 29 heavy (non-hydrogen) atoms. The van der Waals surface area contributed by atoms with Crippen LogP contribution in [-0.4, -0.2) is 47.3 Å². The zero-order valence-corrected chi connectivity index (χ0v) is 16.5. The number of hydrogen-bond acceptors (Lipinski definition) is 6. The molecule has 7 heteroatoms. The Bertz CT molecular complexity index is 873. The summed E-state index contributed by atoms with van der Waals surface area (Å²) in [6.45, 7) is 3.88. The van der Waals surface area contributed by atoms with Gasteiger partial charge in [0.2, 0.25) is 5.95 Å². The molecule has 7 nitrogen and oxygen atoms in total. The van der Waals surface area contributed by atoms with E-state index in [0.29, 0.717) is 11.9 Å². The van der Waals surface area contributed by atoms with Crippen LogP contribution >= 0.6 is 0 Å². The van der Waals surface area contributed by atoms with Gasteiger partial charge < -0.3 is 10.2 Å². The Morgan fingerprint density at radius 2 is 1.93 bits per heavy atom. The van der Waals surface area contributed by atoms with Gasteiger partial charge in [-0.2, -0.15) is 0 Å². The van der Waals surface area contributed by atoms with E-state index in [9.17, 15) is 4.79 Å². The van der Waals surface area contributed by atoms with Crippen LogP contribution in [0.25, 0.3) is 5.57 Å². The lowest BCUT2D eigenvalue weighted by molar-refractivity contribution is 0.0705. The Kier molecular flexibility index (Phi) is 6.17. The average Bonchev–Trinajstić information content (AvgIpc) is 3.20. The number of allylic oxidation sites excluding steroid dienone is 1. The molecule has 0 spiro atoms. The number of carbonyl (C=O) groups is 1. The van der Waals surface area contributed by atoms with Crippen molar-refractivity contribution in [2.24, 2.45) is 5.92 Å². The van der Waals surface area contributed by atoms with E-state index >= 15 is 0 Å². The van der Waals surface area contributed by atoms with Gasteiger partial charge in [0.05, 0.1) is 5.56 Å². The smallest absolute Gasteiger partial charge is 0.277 e. The van der Waals surface area contributed by atoms with Gasteiger partial charge in [-0.05, 0) is 61.4 Å². The molecule has 0 bridgehead atoms. The van der Waals surface area contributed by atoms with Gasteiger partial charge in [-0.15, -0.1) is 0 Å². The minimum absolute atomic E-state index is 0.246. The van der Waals surface area contributed by atoms with E-state index in [0.717, 1.165) is 51.9 Å². The standard InChI is InChI=1S/C22H27N5O2/c28-21(26-29)19-14-24-22(25-15-19)27-11-8-16(9-12-27)13-23-10-7-18-6-5-17-3-1-2-4-20(17)18/h1-4,6,14-16,23,29H,5,7-13H2,(H,26,28). The molecule has 1 fully saturated rings. The minimum Gasteiger partial charge on any atom is -0.341 e. The van der Waals surface area contributed by atoms with Crippen LogP contribution in [0.2, 0.25) is 0 Å². The number of piperidine rings is 1. The number of amides is 1. The van der Waals surface area contributed by atoms with Crippen LogP contribution in [0.1, 0.15) is 40.7 Å². The molecule has 2 aromatic rings. The topological polar surface area (TPSA) is 90.4 Å². The summed E-state index contributed by atoms with van der Waals surface area (Å²) >= 11 is 0. The monoisotopic (exact) mass is 393 g/mol. The lowest BCUT2D eigenvalue weighted by Gasteiger charge is -2.32. The Balaban J connectivity index is 1.17. The number of nitrogens with one attached hydrogen (secondary N) is 2. The maximum Gasteiger partial charge on any atom is 0.277 e. The van der Waals surface area contributed by atoms with Gasteiger partial charge in [0.25, 0.3) is 5.91 Å². The van der Waals surface area contributed by atoms with Crippen LogP contribution in [0.4, 0.5) is 5.95 Å². The fourth-order valence-electron chi connectivity index (χ4n) is 4.12. The molecule has 0 unspecified atom stereocenters. The number of nitrogens with zero attached hydrogens (tertiary/aromatic N) is 3. The molecule has 2 aliphatic rings. The second-order valence-electron chi connectivity index (χ2n) is 7.69. The quantitative estimate of drug-likeness (QED) is 0.380. The van der Waals surface area contributed by atoms with Crippen molar-refractivity contribution >= 4 is 17.4 Å². The first-order valence-electron chi connectivity index (χ1n) is 10.2. The Labute approximate surface area is 170 Å². The molecular weight excluding hydrogens is 366 g/mol. The van der Waals surface area contributed by atoms with Crippen molar-refractivity contribution in [1.29, 1.82) is 0 Å². The number of fused-ring (bicyclic) bond motifs is 1. The molecule has 1 aliphatic carbocycles. The van der Waals surface area contributed by atoms with E-state index in [1.165, 1.54) is 29.1 Å². The molecule has 1 saturated heterocycles. The van der Waals surface area contributed by atoms with Crippen molar-refractivity contribution in [3.63, 3.8) is 0 Å². The fourth-order valence-corrected chi connectivity index (χ4v) is 4.12. The zero-order chi connectivity index (χ0) is 20.1. The molecule has 1 amide bonds. The van der Waals surface area contributed by atoms with Crippen LogP contribution in [0.5, 0.6) is 0 Å². The molecule has 1 aromatic heterocycles. The number of hydrogen-bond donors (Lipinski definition) is 3. The second kappa shape index (κ2) is 9.15. The SMILES string of the molecule is O=C(NO)c1cnc(N2CCC(CNCCC3=CCc4ccccc43)CC2)nc1. The summed E-state index contributed by atoms with van der Waals surface area (Å²) in [6.07, 6.45) is 9.59. The highest BCUT2D eigenvalue weighted by molar-refractivity contribution is 5.92. The van der Waals surface area contributed by atoms with E-state index in [2.05, 4.69) is 50.5 Å². The molecular formula is C22H27N5O2. The van der Waals surface area contributed by atoms with Crippen LogP contribution in [0.15, 0.2) is 42.7 Å². The first kappa shape index (κ1) is 19.5. The number of rotatable bonds is 7. The summed E-state index contributed by atoms with van der Waals surface area (Å²) in [5, 5.41) is 12.3. The van der Waals surface area contributed by atoms with E-state index in [1.54, 1.807) is 5.48 Å². The maximum atomic E-state index is 11.3. The Hall–Kier alpha value is -2.77. The van der Waals surface area contributed by atoms with E-state index in [4.69, 9.17) is 5.21 Å².